The molecule has 1 heterocycles. The molecular formula is C16H31N3O2. The van der Waals surface area contributed by atoms with E-state index in [1.807, 2.05) is 19.9 Å². The molecule has 1 fully saturated rings. The van der Waals surface area contributed by atoms with E-state index in [9.17, 15) is 9.90 Å². The molecule has 2 amide bonds. The van der Waals surface area contributed by atoms with Gasteiger partial charge in [-0.1, -0.05) is 19.9 Å². The maximum atomic E-state index is 11.9. The van der Waals surface area contributed by atoms with Gasteiger partial charge in [-0.25, -0.2) is 4.79 Å². The number of likely N-dealkylation sites (tertiary alicyclic amines) is 1. The maximum absolute atomic E-state index is 11.9. The molecule has 0 aromatic heterocycles. The summed E-state index contributed by atoms with van der Waals surface area (Å²) in [6.45, 7) is 13.1. The van der Waals surface area contributed by atoms with E-state index in [0.29, 0.717) is 13.0 Å². The van der Waals surface area contributed by atoms with Crippen molar-refractivity contribution in [3.8, 4) is 0 Å². The second-order valence-corrected chi connectivity index (χ2v) is 6.91. The molecule has 1 saturated heterocycles. The van der Waals surface area contributed by atoms with Crippen LogP contribution in [0, 0.1) is 5.41 Å². The minimum Gasteiger partial charge on any atom is -0.393 e. The minimum atomic E-state index is -0.348. The van der Waals surface area contributed by atoms with Crippen LogP contribution in [0.4, 0.5) is 4.79 Å². The number of amides is 2. The molecule has 0 aromatic rings. The van der Waals surface area contributed by atoms with Gasteiger partial charge in [-0.3, -0.25) is 4.90 Å². The number of rotatable bonds is 7. The minimum absolute atomic E-state index is 0.0984. The first kappa shape index (κ1) is 18.0. The first-order valence-corrected chi connectivity index (χ1v) is 7.88. The number of hydrogen-bond acceptors (Lipinski definition) is 3. The van der Waals surface area contributed by atoms with Crippen molar-refractivity contribution in [1.29, 1.82) is 0 Å². The molecule has 0 saturated carbocycles. The molecule has 1 atom stereocenters. The number of aliphatic hydroxyl groups is 1. The molecule has 5 heteroatoms. The lowest BCUT2D eigenvalue weighted by molar-refractivity contribution is 0.128. The molecule has 5 nitrogen and oxygen atoms in total. The van der Waals surface area contributed by atoms with Crippen LogP contribution in [0.2, 0.25) is 0 Å². The van der Waals surface area contributed by atoms with Gasteiger partial charge in [0.1, 0.15) is 0 Å². The summed E-state index contributed by atoms with van der Waals surface area (Å²) in [7, 11) is 0. The third-order valence-corrected chi connectivity index (χ3v) is 3.89. The van der Waals surface area contributed by atoms with Crippen LogP contribution in [-0.4, -0.2) is 54.4 Å². The lowest BCUT2D eigenvalue weighted by atomic mass is 9.87. The zero-order valence-electron chi connectivity index (χ0n) is 13.7. The normalized spacial score (nSPS) is 19.0. The predicted molar refractivity (Wildman–Crippen MR) is 86.3 cm³/mol. The molecule has 0 spiro atoms. The van der Waals surface area contributed by atoms with Crippen LogP contribution in [0.3, 0.4) is 0 Å². The van der Waals surface area contributed by atoms with Crippen molar-refractivity contribution in [2.75, 3.05) is 26.2 Å². The summed E-state index contributed by atoms with van der Waals surface area (Å²) in [5, 5.41) is 15.4. The second kappa shape index (κ2) is 8.39. The van der Waals surface area contributed by atoms with Crippen LogP contribution in [0.1, 0.15) is 40.0 Å². The molecule has 1 aliphatic heterocycles. The van der Waals surface area contributed by atoms with Crippen molar-refractivity contribution in [3.63, 3.8) is 0 Å². The smallest absolute Gasteiger partial charge is 0.315 e. The van der Waals surface area contributed by atoms with Gasteiger partial charge in [0, 0.05) is 32.2 Å². The number of aliphatic hydroxyl groups excluding tert-OH is 1. The van der Waals surface area contributed by atoms with Gasteiger partial charge < -0.3 is 15.7 Å². The molecule has 0 bridgehead atoms. The van der Waals surface area contributed by atoms with Crippen molar-refractivity contribution < 1.29 is 9.90 Å². The highest BCUT2D eigenvalue weighted by atomic mass is 16.3. The van der Waals surface area contributed by atoms with E-state index in [4.69, 9.17) is 0 Å². The Hall–Kier alpha value is -1.07. The Morgan fingerprint density at radius 3 is 2.62 bits per heavy atom. The van der Waals surface area contributed by atoms with Gasteiger partial charge >= 0.3 is 6.03 Å². The summed E-state index contributed by atoms with van der Waals surface area (Å²) < 4.78 is 0. The number of nitrogens with zero attached hydrogens (tertiary/aromatic N) is 1. The van der Waals surface area contributed by atoms with Crippen molar-refractivity contribution in [2.24, 2.45) is 5.41 Å². The summed E-state index contributed by atoms with van der Waals surface area (Å²) in [5.41, 5.74) is -0.0984. The Morgan fingerprint density at radius 2 is 2.10 bits per heavy atom. The van der Waals surface area contributed by atoms with Gasteiger partial charge in [-0.05, 0) is 31.6 Å². The van der Waals surface area contributed by atoms with Crippen LogP contribution < -0.4 is 10.6 Å². The van der Waals surface area contributed by atoms with Crippen molar-refractivity contribution in [1.82, 2.24) is 15.5 Å². The van der Waals surface area contributed by atoms with Crippen LogP contribution in [0.15, 0.2) is 12.7 Å². The molecule has 21 heavy (non-hydrogen) atoms. The molecule has 122 valence electrons. The molecule has 0 aliphatic carbocycles. The van der Waals surface area contributed by atoms with E-state index in [-0.39, 0.29) is 23.6 Å². The largest absolute Gasteiger partial charge is 0.393 e. The predicted octanol–water partition coefficient (Wildman–Crippen LogP) is 1.73. The van der Waals surface area contributed by atoms with Crippen LogP contribution in [-0.2, 0) is 0 Å². The lowest BCUT2D eigenvalue weighted by Crippen LogP contribution is -2.49. The standard InChI is InChI=1S/C16H31N3O2/c1-5-8-19-9-6-14(7-10-19)18-15(21)17-12-16(3,4)11-13(2)20/h5,13-14,20H,1,6-12H2,2-4H3,(H2,17,18,21). The summed E-state index contributed by atoms with van der Waals surface area (Å²) in [5.74, 6) is 0. The van der Waals surface area contributed by atoms with E-state index in [2.05, 4.69) is 22.1 Å². The van der Waals surface area contributed by atoms with E-state index >= 15 is 0 Å². The average molecular weight is 297 g/mol. The maximum Gasteiger partial charge on any atom is 0.315 e. The fourth-order valence-corrected chi connectivity index (χ4v) is 2.87. The SMILES string of the molecule is C=CCN1CCC(NC(=O)NCC(C)(C)CC(C)O)CC1. The fraction of sp³-hybridized carbons (Fsp3) is 0.812. The first-order valence-electron chi connectivity index (χ1n) is 7.88. The summed E-state index contributed by atoms with van der Waals surface area (Å²) in [6.07, 6.45) is 4.22. The first-order chi connectivity index (χ1) is 9.82. The highest BCUT2D eigenvalue weighted by Gasteiger charge is 2.23. The Balaban J connectivity index is 2.24. The number of nitrogens with one attached hydrogen (secondary N) is 2. The highest BCUT2D eigenvalue weighted by Crippen LogP contribution is 2.21. The van der Waals surface area contributed by atoms with Gasteiger partial charge in [0.25, 0.3) is 0 Å². The number of piperidine rings is 1. The number of carbonyl (C=O) groups is 1. The third kappa shape index (κ3) is 7.48. The van der Waals surface area contributed by atoms with Gasteiger partial charge in [0.2, 0.25) is 0 Å². The van der Waals surface area contributed by atoms with Gasteiger partial charge in [0.15, 0.2) is 0 Å². The van der Waals surface area contributed by atoms with E-state index in [1.54, 1.807) is 6.92 Å². The molecule has 0 aromatic carbocycles. The van der Waals surface area contributed by atoms with Crippen LogP contribution in [0.25, 0.3) is 0 Å². The Kier molecular flexibility index (Phi) is 7.18. The van der Waals surface area contributed by atoms with Gasteiger partial charge in [-0.2, -0.15) is 0 Å². The molecule has 1 unspecified atom stereocenters. The quantitative estimate of drug-likeness (QED) is 0.627. The summed E-state index contributed by atoms with van der Waals surface area (Å²) in [6, 6.07) is 0.154. The van der Waals surface area contributed by atoms with Crippen molar-refractivity contribution in [3.05, 3.63) is 12.7 Å². The number of urea groups is 1. The Morgan fingerprint density at radius 1 is 1.48 bits per heavy atom. The summed E-state index contributed by atoms with van der Waals surface area (Å²) in [4.78, 5) is 14.3. The van der Waals surface area contributed by atoms with Crippen LogP contribution >= 0.6 is 0 Å². The molecule has 1 rings (SSSR count). The lowest BCUT2D eigenvalue weighted by Gasteiger charge is -2.32. The number of carbonyl (C=O) groups excluding carboxylic acids is 1. The average Bonchev–Trinajstić information content (AvgIpc) is 2.38. The van der Waals surface area contributed by atoms with Gasteiger partial charge in [0.05, 0.1) is 6.10 Å². The van der Waals surface area contributed by atoms with E-state index in [0.717, 1.165) is 32.5 Å². The third-order valence-electron chi connectivity index (χ3n) is 3.89. The molecular weight excluding hydrogens is 266 g/mol. The fourth-order valence-electron chi connectivity index (χ4n) is 2.87. The topological polar surface area (TPSA) is 64.6 Å². The molecule has 1 aliphatic rings. The Labute approximate surface area is 128 Å². The highest BCUT2D eigenvalue weighted by molar-refractivity contribution is 5.74. The monoisotopic (exact) mass is 297 g/mol. The zero-order chi connectivity index (χ0) is 15.9. The van der Waals surface area contributed by atoms with Crippen molar-refractivity contribution >= 4 is 6.03 Å². The van der Waals surface area contributed by atoms with Gasteiger partial charge in [-0.15, -0.1) is 6.58 Å². The van der Waals surface area contributed by atoms with Crippen LogP contribution in [0.5, 0.6) is 0 Å². The van der Waals surface area contributed by atoms with E-state index in [1.165, 1.54) is 0 Å². The Bertz CT molecular complexity index is 334. The van der Waals surface area contributed by atoms with Crippen molar-refractivity contribution in [2.45, 2.75) is 52.2 Å². The van der Waals surface area contributed by atoms with E-state index < -0.39 is 0 Å². The molecule has 0 radical (unpaired) electrons. The molecule has 3 N–H and O–H groups in total. The number of hydrogen-bond donors (Lipinski definition) is 3. The zero-order valence-corrected chi connectivity index (χ0v) is 13.7. The summed E-state index contributed by atoms with van der Waals surface area (Å²) >= 11 is 0. The second-order valence-electron chi connectivity index (χ2n) is 6.91.